The summed E-state index contributed by atoms with van der Waals surface area (Å²) < 4.78 is 33.1. The minimum Gasteiger partial charge on any atom is -0.463 e. The van der Waals surface area contributed by atoms with Crippen molar-refractivity contribution >= 4 is 5.97 Å². The van der Waals surface area contributed by atoms with E-state index in [0.29, 0.717) is 0 Å². The van der Waals surface area contributed by atoms with E-state index in [1.54, 1.807) is 18.2 Å². The summed E-state index contributed by atoms with van der Waals surface area (Å²) in [6.07, 6.45) is -1.28. The third kappa shape index (κ3) is 3.75. The van der Waals surface area contributed by atoms with Crippen LogP contribution in [0.3, 0.4) is 0 Å². The zero-order valence-electron chi connectivity index (χ0n) is 14.5. The number of carbonyl (C=O) groups is 1. The molecule has 144 valence electrons. The van der Waals surface area contributed by atoms with Crippen LogP contribution in [0.4, 0.5) is 8.78 Å². The van der Waals surface area contributed by atoms with Gasteiger partial charge in [-0.05, 0) is 43.8 Å². The maximum absolute atomic E-state index is 13.9. The summed E-state index contributed by atoms with van der Waals surface area (Å²) >= 11 is 0. The van der Waals surface area contributed by atoms with Crippen LogP contribution in [0.15, 0.2) is 30.3 Å². The van der Waals surface area contributed by atoms with E-state index in [4.69, 9.17) is 4.74 Å². The second kappa shape index (κ2) is 7.58. The van der Waals surface area contributed by atoms with E-state index in [1.807, 2.05) is 0 Å². The van der Waals surface area contributed by atoms with Crippen molar-refractivity contribution in [2.45, 2.75) is 43.3 Å². The van der Waals surface area contributed by atoms with Gasteiger partial charge in [0.25, 0.3) is 5.92 Å². The Labute approximate surface area is 151 Å². The van der Waals surface area contributed by atoms with Crippen molar-refractivity contribution in [1.82, 2.24) is 5.32 Å². The standard InChI is InChI=1S/C19H25F2NO4/c20-18(21)11-15(10-16(18)23)19(25,14-4-2-1-3-5-14)17(24)26-12-13-6-8-22-9-7-13/h1-5,13,15-16,22-23,25H,6-12H2/t15-,16-,19+/m1/s1. The molecule has 1 aromatic rings. The highest BCUT2D eigenvalue weighted by Crippen LogP contribution is 2.48. The first kappa shape index (κ1) is 19.2. The highest BCUT2D eigenvalue weighted by Gasteiger charge is 2.58. The Bertz CT molecular complexity index is 621. The van der Waals surface area contributed by atoms with Crippen LogP contribution >= 0.6 is 0 Å². The molecule has 7 heteroatoms. The Morgan fingerprint density at radius 1 is 1.27 bits per heavy atom. The van der Waals surface area contributed by atoms with Gasteiger partial charge >= 0.3 is 5.97 Å². The molecule has 2 fully saturated rings. The molecule has 1 saturated carbocycles. The van der Waals surface area contributed by atoms with E-state index in [-0.39, 0.29) is 24.5 Å². The molecular weight excluding hydrogens is 344 g/mol. The predicted molar refractivity (Wildman–Crippen MR) is 90.6 cm³/mol. The highest BCUT2D eigenvalue weighted by atomic mass is 19.3. The second-order valence-corrected chi connectivity index (χ2v) is 7.34. The molecule has 1 aliphatic heterocycles. The molecule has 0 spiro atoms. The van der Waals surface area contributed by atoms with Crippen LogP contribution in [-0.4, -0.2) is 47.9 Å². The molecule has 1 saturated heterocycles. The van der Waals surface area contributed by atoms with E-state index in [2.05, 4.69) is 5.32 Å². The monoisotopic (exact) mass is 369 g/mol. The Morgan fingerprint density at radius 2 is 1.92 bits per heavy atom. The van der Waals surface area contributed by atoms with Crippen LogP contribution in [0.5, 0.6) is 0 Å². The van der Waals surface area contributed by atoms with Gasteiger partial charge in [-0.25, -0.2) is 13.6 Å². The van der Waals surface area contributed by atoms with Crippen LogP contribution < -0.4 is 5.32 Å². The number of hydrogen-bond donors (Lipinski definition) is 3. The number of rotatable bonds is 5. The minimum atomic E-state index is -3.33. The number of piperidine rings is 1. The Kier molecular flexibility index (Phi) is 5.60. The Hall–Kier alpha value is -1.57. The zero-order chi connectivity index (χ0) is 18.8. The molecule has 1 heterocycles. The molecule has 3 rings (SSSR count). The molecule has 0 unspecified atom stereocenters. The molecule has 2 aliphatic rings. The zero-order valence-corrected chi connectivity index (χ0v) is 14.5. The molecule has 0 radical (unpaired) electrons. The van der Waals surface area contributed by atoms with Gasteiger partial charge in [0.2, 0.25) is 0 Å². The van der Waals surface area contributed by atoms with Gasteiger partial charge in [-0.2, -0.15) is 0 Å². The molecule has 1 aliphatic carbocycles. The maximum atomic E-state index is 13.9. The van der Waals surface area contributed by atoms with Gasteiger partial charge in [0.1, 0.15) is 6.10 Å². The first-order valence-electron chi connectivity index (χ1n) is 9.05. The summed E-state index contributed by atoms with van der Waals surface area (Å²) in [7, 11) is 0. The van der Waals surface area contributed by atoms with Gasteiger partial charge in [0, 0.05) is 12.3 Å². The minimum absolute atomic E-state index is 0.154. The second-order valence-electron chi connectivity index (χ2n) is 7.34. The van der Waals surface area contributed by atoms with Crippen LogP contribution in [0, 0.1) is 11.8 Å². The number of aliphatic hydroxyl groups is 2. The molecule has 26 heavy (non-hydrogen) atoms. The van der Waals surface area contributed by atoms with Gasteiger partial charge < -0.3 is 20.3 Å². The number of aliphatic hydroxyl groups excluding tert-OH is 1. The van der Waals surface area contributed by atoms with Gasteiger partial charge in [-0.15, -0.1) is 0 Å². The van der Waals surface area contributed by atoms with E-state index in [0.717, 1.165) is 25.9 Å². The fourth-order valence-corrected chi connectivity index (χ4v) is 3.87. The van der Waals surface area contributed by atoms with Gasteiger partial charge in [0.15, 0.2) is 5.60 Å². The summed E-state index contributed by atoms with van der Waals surface area (Å²) in [6.45, 7) is 1.83. The van der Waals surface area contributed by atoms with Gasteiger partial charge in [-0.1, -0.05) is 30.3 Å². The average molecular weight is 369 g/mol. The molecule has 0 aromatic heterocycles. The SMILES string of the molecule is O=C(OCC1CCNCC1)[C@](O)(c1ccccc1)[C@@H]1C[C@@H](O)C(F)(F)C1. The Balaban J connectivity index is 1.80. The van der Waals surface area contributed by atoms with Crippen molar-refractivity contribution in [2.75, 3.05) is 19.7 Å². The quantitative estimate of drug-likeness (QED) is 0.690. The smallest absolute Gasteiger partial charge is 0.343 e. The van der Waals surface area contributed by atoms with E-state index >= 15 is 0 Å². The first-order chi connectivity index (χ1) is 12.3. The lowest BCUT2D eigenvalue weighted by Crippen LogP contribution is -2.45. The lowest BCUT2D eigenvalue weighted by atomic mass is 9.80. The van der Waals surface area contributed by atoms with Gasteiger partial charge in [0.05, 0.1) is 6.61 Å². The number of alkyl halides is 2. The first-order valence-corrected chi connectivity index (χ1v) is 9.05. The van der Waals surface area contributed by atoms with Crippen LogP contribution in [-0.2, 0) is 15.1 Å². The molecule has 3 atom stereocenters. The normalized spacial score (nSPS) is 28.5. The van der Waals surface area contributed by atoms with Gasteiger partial charge in [-0.3, -0.25) is 0 Å². The fourth-order valence-electron chi connectivity index (χ4n) is 3.87. The van der Waals surface area contributed by atoms with Crippen molar-refractivity contribution in [2.24, 2.45) is 11.8 Å². The highest BCUT2D eigenvalue weighted by molar-refractivity contribution is 5.81. The molecule has 0 amide bonds. The number of carbonyl (C=O) groups excluding carboxylic acids is 1. The topological polar surface area (TPSA) is 78.8 Å². The van der Waals surface area contributed by atoms with Crippen molar-refractivity contribution in [3.63, 3.8) is 0 Å². The number of halogens is 2. The van der Waals surface area contributed by atoms with Crippen molar-refractivity contribution in [3.05, 3.63) is 35.9 Å². The number of benzene rings is 1. The van der Waals surface area contributed by atoms with E-state index < -0.39 is 35.9 Å². The summed E-state index contributed by atoms with van der Waals surface area (Å²) in [5.41, 5.74) is -1.99. The maximum Gasteiger partial charge on any atom is 0.343 e. The fraction of sp³-hybridized carbons (Fsp3) is 0.632. The summed E-state index contributed by atoms with van der Waals surface area (Å²) in [6, 6.07) is 8.01. The number of esters is 1. The molecule has 1 aromatic carbocycles. The molecule has 0 bridgehead atoms. The van der Waals surface area contributed by atoms with Crippen molar-refractivity contribution in [1.29, 1.82) is 0 Å². The number of ether oxygens (including phenoxy) is 1. The van der Waals surface area contributed by atoms with Crippen molar-refractivity contribution < 1.29 is 28.5 Å². The lowest BCUT2D eigenvalue weighted by molar-refractivity contribution is -0.176. The average Bonchev–Trinajstić information content (AvgIpc) is 2.93. The van der Waals surface area contributed by atoms with E-state index in [9.17, 15) is 23.8 Å². The third-order valence-electron chi connectivity index (χ3n) is 5.54. The summed E-state index contributed by atoms with van der Waals surface area (Å²) in [5.74, 6) is -5.17. The molecule has 3 N–H and O–H groups in total. The largest absolute Gasteiger partial charge is 0.463 e. The van der Waals surface area contributed by atoms with Crippen LogP contribution in [0.1, 0.15) is 31.2 Å². The summed E-state index contributed by atoms with van der Waals surface area (Å²) in [5, 5.41) is 24.0. The third-order valence-corrected chi connectivity index (χ3v) is 5.54. The lowest BCUT2D eigenvalue weighted by Gasteiger charge is -2.33. The van der Waals surface area contributed by atoms with Crippen LogP contribution in [0.25, 0.3) is 0 Å². The van der Waals surface area contributed by atoms with E-state index in [1.165, 1.54) is 12.1 Å². The molecule has 5 nitrogen and oxygen atoms in total. The number of hydrogen-bond acceptors (Lipinski definition) is 5. The predicted octanol–water partition coefficient (Wildman–Crippen LogP) is 1.82. The number of nitrogens with one attached hydrogen (secondary N) is 1. The summed E-state index contributed by atoms with van der Waals surface area (Å²) in [4.78, 5) is 12.8. The van der Waals surface area contributed by atoms with Crippen LogP contribution in [0.2, 0.25) is 0 Å². The molecular formula is C19H25F2NO4. The Morgan fingerprint density at radius 3 is 2.50 bits per heavy atom. The van der Waals surface area contributed by atoms with Crippen molar-refractivity contribution in [3.8, 4) is 0 Å².